The molecule has 0 heterocycles. The first-order valence-corrected chi connectivity index (χ1v) is 4.79. The van der Waals surface area contributed by atoms with Crippen molar-refractivity contribution in [3.05, 3.63) is 0 Å². The first kappa shape index (κ1) is 6.69. The molecule has 0 heteroatoms. The highest BCUT2D eigenvalue weighted by Gasteiger charge is 2.41. The predicted molar refractivity (Wildman–Crippen MR) is 43.8 cm³/mol. The minimum Gasteiger partial charge on any atom is -0.0622 e. The SMILES string of the molecule is CC1CC(C2CCC2)[C@@H]1C. The van der Waals surface area contributed by atoms with Crippen LogP contribution >= 0.6 is 0 Å². The lowest BCUT2D eigenvalue weighted by Crippen LogP contribution is -2.40. The first-order valence-electron chi connectivity index (χ1n) is 4.79. The minimum atomic E-state index is 1.03. The minimum absolute atomic E-state index is 1.03. The second-order valence-corrected chi connectivity index (χ2v) is 4.43. The van der Waals surface area contributed by atoms with Crippen LogP contribution in [0.4, 0.5) is 0 Å². The summed E-state index contributed by atoms with van der Waals surface area (Å²) in [5.74, 6) is 4.35. The van der Waals surface area contributed by atoms with E-state index in [9.17, 15) is 0 Å². The van der Waals surface area contributed by atoms with Crippen LogP contribution in [0.25, 0.3) is 0 Å². The monoisotopic (exact) mass is 138 g/mol. The van der Waals surface area contributed by atoms with Gasteiger partial charge in [-0.2, -0.15) is 0 Å². The largest absolute Gasteiger partial charge is 0.0622 e. The van der Waals surface area contributed by atoms with E-state index in [1.54, 1.807) is 12.8 Å². The molecule has 2 aliphatic carbocycles. The third kappa shape index (κ3) is 0.810. The van der Waals surface area contributed by atoms with E-state index in [1.165, 1.54) is 12.8 Å². The molecular formula is C10H18. The van der Waals surface area contributed by atoms with Gasteiger partial charge in [-0.1, -0.05) is 33.1 Å². The average molecular weight is 138 g/mol. The molecular weight excluding hydrogens is 120 g/mol. The van der Waals surface area contributed by atoms with Crippen molar-refractivity contribution in [3.63, 3.8) is 0 Å². The van der Waals surface area contributed by atoms with Gasteiger partial charge < -0.3 is 0 Å². The molecule has 0 radical (unpaired) electrons. The van der Waals surface area contributed by atoms with Crippen LogP contribution in [0, 0.1) is 23.7 Å². The lowest BCUT2D eigenvalue weighted by Gasteiger charge is -2.48. The zero-order chi connectivity index (χ0) is 7.14. The Morgan fingerprint density at radius 3 is 2.10 bits per heavy atom. The van der Waals surface area contributed by atoms with E-state index in [4.69, 9.17) is 0 Å². The summed E-state index contributed by atoms with van der Waals surface area (Å²) in [4.78, 5) is 0. The maximum absolute atomic E-state index is 2.44. The molecule has 10 heavy (non-hydrogen) atoms. The fourth-order valence-electron chi connectivity index (χ4n) is 2.57. The van der Waals surface area contributed by atoms with Crippen LogP contribution < -0.4 is 0 Å². The molecule has 0 aromatic rings. The molecule has 0 spiro atoms. The summed E-state index contributed by atoms with van der Waals surface area (Å²) in [6.07, 6.45) is 6.14. The Kier molecular flexibility index (Phi) is 1.51. The maximum atomic E-state index is 2.44. The van der Waals surface area contributed by atoms with Gasteiger partial charge in [0.25, 0.3) is 0 Å². The third-order valence-electron chi connectivity index (χ3n) is 3.97. The number of rotatable bonds is 1. The standard InChI is InChI=1S/C10H18/c1-7-6-10(8(7)2)9-4-3-5-9/h7-10H,3-6H2,1-2H3/t7?,8-,10?/m1/s1. The Morgan fingerprint density at radius 2 is 1.80 bits per heavy atom. The Bertz CT molecular complexity index is 122. The van der Waals surface area contributed by atoms with Crippen LogP contribution in [0.2, 0.25) is 0 Å². The maximum Gasteiger partial charge on any atom is -0.0355 e. The molecule has 0 aliphatic heterocycles. The molecule has 0 saturated heterocycles. The van der Waals surface area contributed by atoms with Crippen LogP contribution in [0.15, 0.2) is 0 Å². The van der Waals surface area contributed by atoms with Gasteiger partial charge in [0.05, 0.1) is 0 Å². The Labute approximate surface area is 64.0 Å². The van der Waals surface area contributed by atoms with Crippen molar-refractivity contribution in [1.82, 2.24) is 0 Å². The normalized spacial score (nSPS) is 48.0. The molecule has 58 valence electrons. The molecule has 0 aromatic heterocycles. The highest BCUT2D eigenvalue weighted by atomic mass is 14.5. The molecule has 2 saturated carbocycles. The summed E-state index contributed by atoms with van der Waals surface area (Å²) in [6.45, 7) is 4.84. The lowest BCUT2D eigenvalue weighted by molar-refractivity contribution is 0.0134. The lowest BCUT2D eigenvalue weighted by atomic mass is 9.57. The zero-order valence-corrected chi connectivity index (χ0v) is 7.14. The Hall–Kier alpha value is 0. The van der Waals surface area contributed by atoms with Gasteiger partial charge in [0.2, 0.25) is 0 Å². The van der Waals surface area contributed by atoms with Gasteiger partial charge in [0.1, 0.15) is 0 Å². The van der Waals surface area contributed by atoms with Crippen molar-refractivity contribution in [2.24, 2.45) is 23.7 Å². The number of hydrogen-bond donors (Lipinski definition) is 0. The summed E-state index contributed by atoms with van der Waals surface area (Å²) in [5.41, 5.74) is 0. The van der Waals surface area contributed by atoms with Crippen molar-refractivity contribution >= 4 is 0 Å². The zero-order valence-electron chi connectivity index (χ0n) is 7.14. The summed E-state index contributed by atoms with van der Waals surface area (Å²) in [7, 11) is 0. The van der Waals surface area contributed by atoms with Crippen LogP contribution in [0.5, 0.6) is 0 Å². The Morgan fingerprint density at radius 1 is 1.10 bits per heavy atom. The Balaban J connectivity index is 1.84. The fraction of sp³-hybridized carbons (Fsp3) is 1.00. The highest BCUT2D eigenvalue weighted by molar-refractivity contribution is 4.90. The average Bonchev–Trinajstić information content (AvgIpc) is 1.83. The van der Waals surface area contributed by atoms with Gasteiger partial charge in [0.15, 0.2) is 0 Å². The molecule has 0 nitrogen and oxygen atoms in total. The summed E-state index contributed by atoms with van der Waals surface area (Å²) in [5, 5.41) is 0. The van der Waals surface area contributed by atoms with Crippen LogP contribution in [-0.4, -0.2) is 0 Å². The van der Waals surface area contributed by atoms with E-state index in [-0.39, 0.29) is 0 Å². The van der Waals surface area contributed by atoms with Crippen molar-refractivity contribution < 1.29 is 0 Å². The van der Waals surface area contributed by atoms with Gasteiger partial charge in [0, 0.05) is 0 Å². The first-order chi connectivity index (χ1) is 4.79. The van der Waals surface area contributed by atoms with Gasteiger partial charge >= 0.3 is 0 Å². The van der Waals surface area contributed by atoms with Gasteiger partial charge in [-0.05, 0) is 30.1 Å². The van der Waals surface area contributed by atoms with Crippen molar-refractivity contribution in [2.45, 2.75) is 39.5 Å². The summed E-state index contributed by atoms with van der Waals surface area (Å²) in [6, 6.07) is 0. The quantitative estimate of drug-likeness (QED) is 0.522. The van der Waals surface area contributed by atoms with Gasteiger partial charge in [-0.15, -0.1) is 0 Å². The molecule has 2 unspecified atom stereocenters. The van der Waals surface area contributed by atoms with Crippen LogP contribution in [0.1, 0.15) is 39.5 Å². The van der Waals surface area contributed by atoms with Crippen molar-refractivity contribution in [3.8, 4) is 0 Å². The van der Waals surface area contributed by atoms with Gasteiger partial charge in [-0.25, -0.2) is 0 Å². The molecule has 0 bridgehead atoms. The second-order valence-electron chi connectivity index (χ2n) is 4.43. The van der Waals surface area contributed by atoms with E-state index in [1.807, 2.05) is 0 Å². The van der Waals surface area contributed by atoms with E-state index < -0.39 is 0 Å². The third-order valence-corrected chi connectivity index (χ3v) is 3.97. The van der Waals surface area contributed by atoms with Crippen molar-refractivity contribution in [2.75, 3.05) is 0 Å². The highest BCUT2D eigenvalue weighted by Crippen LogP contribution is 2.50. The fourth-order valence-corrected chi connectivity index (χ4v) is 2.57. The topological polar surface area (TPSA) is 0 Å². The van der Waals surface area contributed by atoms with Crippen LogP contribution in [-0.2, 0) is 0 Å². The van der Waals surface area contributed by atoms with Crippen molar-refractivity contribution in [1.29, 1.82) is 0 Å². The van der Waals surface area contributed by atoms with E-state index in [0.29, 0.717) is 0 Å². The van der Waals surface area contributed by atoms with E-state index >= 15 is 0 Å². The number of hydrogen-bond acceptors (Lipinski definition) is 0. The molecule has 3 atom stereocenters. The van der Waals surface area contributed by atoms with E-state index in [2.05, 4.69) is 13.8 Å². The molecule has 2 rings (SSSR count). The molecule has 0 N–H and O–H groups in total. The molecule has 0 aromatic carbocycles. The molecule has 0 amide bonds. The van der Waals surface area contributed by atoms with Crippen LogP contribution in [0.3, 0.4) is 0 Å². The second kappa shape index (κ2) is 2.25. The predicted octanol–water partition coefficient (Wildman–Crippen LogP) is 3.08. The summed E-state index contributed by atoms with van der Waals surface area (Å²) >= 11 is 0. The molecule has 2 fully saturated rings. The summed E-state index contributed by atoms with van der Waals surface area (Å²) < 4.78 is 0. The smallest absolute Gasteiger partial charge is 0.0355 e. The van der Waals surface area contributed by atoms with E-state index in [0.717, 1.165) is 23.7 Å². The van der Waals surface area contributed by atoms with Gasteiger partial charge in [-0.3, -0.25) is 0 Å². The molecule has 2 aliphatic rings.